The first-order valence-electron chi connectivity index (χ1n) is 6.55. The van der Waals surface area contributed by atoms with Gasteiger partial charge in [-0.1, -0.05) is 11.6 Å². The summed E-state index contributed by atoms with van der Waals surface area (Å²) in [4.78, 5) is 3.00. The van der Waals surface area contributed by atoms with Crippen molar-refractivity contribution in [1.82, 2.24) is 15.3 Å². The van der Waals surface area contributed by atoms with Gasteiger partial charge in [0.05, 0.1) is 5.02 Å². The second-order valence-electron chi connectivity index (χ2n) is 4.89. The molecular formula is C14H9ClN4O3S. The molecule has 23 heavy (non-hydrogen) atoms. The molecule has 0 fully saturated rings. The Kier molecular flexibility index (Phi) is 3.03. The van der Waals surface area contributed by atoms with Gasteiger partial charge >= 0.3 is 0 Å². The zero-order valence-electron chi connectivity index (χ0n) is 11.4. The maximum absolute atomic E-state index is 12.6. The van der Waals surface area contributed by atoms with Crippen LogP contribution in [0.25, 0.3) is 21.9 Å². The molecule has 2 aromatic heterocycles. The van der Waals surface area contributed by atoms with Gasteiger partial charge in [-0.3, -0.25) is 4.72 Å². The lowest BCUT2D eigenvalue weighted by Crippen LogP contribution is -2.13. The molecule has 9 heteroatoms. The maximum Gasteiger partial charge on any atom is 0.264 e. The van der Waals surface area contributed by atoms with E-state index in [9.17, 15) is 8.42 Å². The van der Waals surface area contributed by atoms with E-state index in [0.717, 1.165) is 10.9 Å². The molecule has 2 N–H and O–H groups in total. The third-order valence-corrected chi connectivity index (χ3v) is 5.14. The van der Waals surface area contributed by atoms with E-state index in [4.69, 9.17) is 11.6 Å². The molecular weight excluding hydrogens is 340 g/mol. The summed E-state index contributed by atoms with van der Waals surface area (Å²) < 4.78 is 32.4. The van der Waals surface area contributed by atoms with Crippen LogP contribution in [0.3, 0.4) is 0 Å². The average molecular weight is 349 g/mol. The highest BCUT2D eigenvalue weighted by Gasteiger charge is 2.22. The minimum absolute atomic E-state index is 0.0488. The van der Waals surface area contributed by atoms with E-state index in [1.54, 1.807) is 24.4 Å². The number of aromatic nitrogens is 3. The third kappa shape index (κ3) is 2.32. The van der Waals surface area contributed by atoms with Crippen LogP contribution >= 0.6 is 11.6 Å². The molecule has 0 amide bonds. The Hall–Kier alpha value is -2.58. The van der Waals surface area contributed by atoms with Crippen molar-refractivity contribution in [2.75, 3.05) is 4.72 Å². The van der Waals surface area contributed by atoms with Crippen molar-refractivity contribution in [2.24, 2.45) is 0 Å². The van der Waals surface area contributed by atoms with Crippen molar-refractivity contribution in [1.29, 1.82) is 0 Å². The number of nitrogens with zero attached hydrogens (tertiary/aromatic N) is 2. The molecule has 0 atom stereocenters. The summed E-state index contributed by atoms with van der Waals surface area (Å²) >= 11 is 5.95. The molecule has 0 saturated heterocycles. The van der Waals surface area contributed by atoms with E-state index in [1.165, 1.54) is 12.1 Å². The summed E-state index contributed by atoms with van der Waals surface area (Å²) in [6, 6.07) is 9.86. The Morgan fingerprint density at radius 3 is 2.78 bits per heavy atom. The number of H-pyrrole nitrogens is 1. The van der Waals surface area contributed by atoms with Crippen LogP contribution in [0, 0.1) is 0 Å². The van der Waals surface area contributed by atoms with Gasteiger partial charge in [0.1, 0.15) is 4.90 Å². The monoisotopic (exact) mass is 348 g/mol. The van der Waals surface area contributed by atoms with E-state index in [0.29, 0.717) is 5.69 Å². The fourth-order valence-electron chi connectivity index (χ4n) is 2.36. The minimum Gasteiger partial charge on any atom is -0.361 e. The zero-order chi connectivity index (χ0) is 16.0. The van der Waals surface area contributed by atoms with Crippen LogP contribution in [-0.2, 0) is 10.0 Å². The molecule has 4 aromatic rings. The fourth-order valence-corrected chi connectivity index (χ4v) is 3.73. The van der Waals surface area contributed by atoms with Crippen molar-refractivity contribution in [3.05, 3.63) is 47.6 Å². The maximum atomic E-state index is 12.6. The molecule has 0 bridgehead atoms. The predicted molar refractivity (Wildman–Crippen MR) is 85.9 cm³/mol. The topological polar surface area (TPSA) is 101 Å². The number of aromatic amines is 1. The minimum atomic E-state index is -3.86. The van der Waals surface area contributed by atoms with Crippen LogP contribution in [-0.4, -0.2) is 23.7 Å². The molecule has 0 aliphatic rings. The second kappa shape index (κ2) is 4.97. The Balaban J connectivity index is 1.79. The van der Waals surface area contributed by atoms with Gasteiger partial charge in [-0.05, 0) is 46.7 Å². The molecule has 0 unspecified atom stereocenters. The number of sulfonamides is 1. The highest BCUT2D eigenvalue weighted by Crippen LogP contribution is 2.28. The normalized spacial score (nSPS) is 12.0. The van der Waals surface area contributed by atoms with Crippen LogP contribution in [0.2, 0.25) is 5.02 Å². The number of anilines is 1. The second-order valence-corrected chi connectivity index (χ2v) is 6.95. The molecule has 2 heterocycles. The summed E-state index contributed by atoms with van der Waals surface area (Å²) in [7, 11) is -3.86. The highest BCUT2D eigenvalue weighted by molar-refractivity contribution is 7.93. The van der Waals surface area contributed by atoms with Crippen LogP contribution in [0.1, 0.15) is 0 Å². The first kappa shape index (κ1) is 14.0. The number of benzene rings is 2. The summed E-state index contributed by atoms with van der Waals surface area (Å²) in [6.45, 7) is 0. The fraction of sp³-hybridized carbons (Fsp3) is 0. The third-order valence-electron chi connectivity index (χ3n) is 3.42. The average Bonchev–Trinajstić information content (AvgIpc) is 3.15. The standard InChI is InChI=1S/C14H9ClN4O3S/c15-10-2-4-12(14-13(10)17-22-18-14)23(20,21)19-9-1-3-11-8(7-9)5-6-16-11/h1-7,16,19H. The van der Waals surface area contributed by atoms with Crippen LogP contribution < -0.4 is 4.72 Å². The van der Waals surface area contributed by atoms with E-state index < -0.39 is 10.0 Å². The number of fused-ring (bicyclic) bond motifs is 2. The lowest BCUT2D eigenvalue weighted by molar-refractivity contribution is 0.315. The van der Waals surface area contributed by atoms with Gasteiger partial charge in [0, 0.05) is 22.8 Å². The Morgan fingerprint density at radius 2 is 1.91 bits per heavy atom. The zero-order valence-corrected chi connectivity index (χ0v) is 13.0. The Labute approximate surface area is 135 Å². The highest BCUT2D eigenvalue weighted by atomic mass is 35.5. The number of nitrogens with one attached hydrogen (secondary N) is 2. The predicted octanol–water partition coefficient (Wildman–Crippen LogP) is 3.16. The van der Waals surface area contributed by atoms with Gasteiger partial charge in [0.2, 0.25) is 0 Å². The van der Waals surface area contributed by atoms with Gasteiger partial charge in [-0.2, -0.15) is 0 Å². The first-order chi connectivity index (χ1) is 11.0. The van der Waals surface area contributed by atoms with Crippen molar-refractivity contribution in [3.63, 3.8) is 0 Å². The van der Waals surface area contributed by atoms with Crippen LogP contribution in [0.4, 0.5) is 5.69 Å². The first-order valence-corrected chi connectivity index (χ1v) is 8.41. The van der Waals surface area contributed by atoms with E-state index in [-0.39, 0.29) is 21.0 Å². The molecule has 0 aliphatic carbocycles. The molecule has 2 aromatic carbocycles. The summed E-state index contributed by atoms with van der Waals surface area (Å²) in [6.07, 6.45) is 1.78. The lowest BCUT2D eigenvalue weighted by Gasteiger charge is -2.08. The summed E-state index contributed by atoms with van der Waals surface area (Å²) in [5.74, 6) is 0. The van der Waals surface area contributed by atoms with E-state index in [2.05, 4.69) is 24.6 Å². The molecule has 116 valence electrons. The molecule has 0 aliphatic heterocycles. The Morgan fingerprint density at radius 1 is 1.09 bits per heavy atom. The van der Waals surface area contributed by atoms with Crippen molar-refractivity contribution >= 4 is 49.2 Å². The smallest absolute Gasteiger partial charge is 0.264 e. The Bertz CT molecular complexity index is 1130. The molecule has 7 nitrogen and oxygen atoms in total. The summed E-state index contributed by atoms with van der Waals surface area (Å²) in [5.41, 5.74) is 1.66. The molecule has 4 rings (SSSR count). The van der Waals surface area contributed by atoms with Gasteiger partial charge in [-0.25, -0.2) is 13.0 Å². The van der Waals surface area contributed by atoms with Gasteiger partial charge < -0.3 is 4.98 Å². The number of hydrogen-bond donors (Lipinski definition) is 2. The van der Waals surface area contributed by atoms with Crippen molar-refractivity contribution in [3.8, 4) is 0 Å². The quantitative estimate of drug-likeness (QED) is 0.592. The molecule has 0 spiro atoms. The van der Waals surface area contributed by atoms with E-state index >= 15 is 0 Å². The lowest BCUT2D eigenvalue weighted by atomic mass is 10.2. The van der Waals surface area contributed by atoms with Crippen molar-refractivity contribution in [2.45, 2.75) is 4.90 Å². The summed E-state index contributed by atoms with van der Waals surface area (Å²) in [5, 5.41) is 8.42. The molecule has 0 saturated carbocycles. The van der Waals surface area contributed by atoms with Crippen LogP contribution in [0.15, 0.2) is 52.1 Å². The number of hydrogen-bond acceptors (Lipinski definition) is 5. The largest absolute Gasteiger partial charge is 0.361 e. The molecule has 0 radical (unpaired) electrons. The van der Waals surface area contributed by atoms with Crippen LogP contribution in [0.5, 0.6) is 0 Å². The van der Waals surface area contributed by atoms with Gasteiger partial charge in [0.25, 0.3) is 10.0 Å². The van der Waals surface area contributed by atoms with Gasteiger partial charge in [-0.15, -0.1) is 0 Å². The van der Waals surface area contributed by atoms with E-state index in [1.807, 2.05) is 6.07 Å². The van der Waals surface area contributed by atoms with Gasteiger partial charge in [0.15, 0.2) is 11.0 Å². The number of halogens is 1. The number of rotatable bonds is 3. The SMILES string of the molecule is O=S(=O)(Nc1ccc2[nH]ccc2c1)c1ccc(Cl)c2nonc12. The van der Waals surface area contributed by atoms with Crippen molar-refractivity contribution < 1.29 is 13.0 Å².